The van der Waals surface area contributed by atoms with Gasteiger partial charge in [0, 0.05) is 32.0 Å². The van der Waals surface area contributed by atoms with Gasteiger partial charge in [-0.3, -0.25) is 4.79 Å². The first-order chi connectivity index (χ1) is 10.3. The standard InChI is InChI=1S/C17H26N2O2/c1-21-10-9-19-12-16(7-8-17(19)20)18-15-4-2-3-14(11-15)13-5-6-13/h7-8,12-15,18H,2-6,9-11H2,1H3. The van der Waals surface area contributed by atoms with Crippen molar-refractivity contribution < 1.29 is 4.74 Å². The second-order valence-electron chi connectivity index (χ2n) is 6.55. The van der Waals surface area contributed by atoms with Crippen molar-refractivity contribution in [1.29, 1.82) is 0 Å². The molecule has 3 rings (SSSR count). The lowest BCUT2D eigenvalue weighted by Crippen LogP contribution is -2.29. The second-order valence-corrected chi connectivity index (χ2v) is 6.55. The number of aromatic nitrogens is 1. The predicted molar refractivity (Wildman–Crippen MR) is 84.7 cm³/mol. The largest absolute Gasteiger partial charge is 0.383 e. The van der Waals surface area contributed by atoms with E-state index in [1.807, 2.05) is 12.3 Å². The van der Waals surface area contributed by atoms with Crippen molar-refractivity contribution in [2.75, 3.05) is 19.0 Å². The number of hydrogen-bond donors (Lipinski definition) is 1. The first kappa shape index (κ1) is 14.6. The molecule has 2 aliphatic carbocycles. The van der Waals surface area contributed by atoms with Gasteiger partial charge in [0.2, 0.25) is 0 Å². The fourth-order valence-electron chi connectivity index (χ4n) is 3.57. The van der Waals surface area contributed by atoms with Crippen molar-refractivity contribution in [3.8, 4) is 0 Å². The van der Waals surface area contributed by atoms with E-state index in [1.54, 1.807) is 17.7 Å². The van der Waals surface area contributed by atoms with Crippen LogP contribution >= 0.6 is 0 Å². The Kier molecular flexibility index (Phi) is 4.63. The zero-order valence-corrected chi connectivity index (χ0v) is 12.9. The Morgan fingerprint density at radius 3 is 2.86 bits per heavy atom. The van der Waals surface area contributed by atoms with Crippen LogP contribution in [0.5, 0.6) is 0 Å². The topological polar surface area (TPSA) is 43.3 Å². The number of nitrogens with one attached hydrogen (secondary N) is 1. The Morgan fingerprint density at radius 2 is 2.10 bits per heavy atom. The fraction of sp³-hybridized carbons (Fsp3) is 0.706. The van der Waals surface area contributed by atoms with Gasteiger partial charge < -0.3 is 14.6 Å². The van der Waals surface area contributed by atoms with Crippen LogP contribution in [-0.2, 0) is 11.3 Å². The SMILES string of the molecule is COCCn1cc(NC2CCCC(C3CC3)C2)ccc1=O. The number of methoxy groups -OCH3 is 1. The molecule has 21 heavy (non-hydrogen) atoms. The zero-order chi connectivity index (χ0) is 14.7. The van der Waals surface area contributed by atoms with Gasteiger partial charge in [0.05, 0.1) is 12.3 Å². The van der Waals surface area contributed by atoms with Crippen LogP contribution in [-0.4, -0.2) is 24.3 Å². The maximum absolute atomic E-state index is 11.8. The Bertz CT molecular complexity index is 522. The summed E-state index contributed by atoms with van der Waals surface area (Å²) in [5.41, 5.74) is 1.10. The van der Waals surface area contributed by atoms with Crippen molar-refractivity contribution in [3.05, 3.63) is 28.7 Å². The van der Waals surface area contributed by atoms with E-state index in [2.05, 4.69) is 5.32 Å². The summed E-state index contributed by atoms with van der Waals surface area (Å²) < 4.78 is 6.79. The molecule has 0 radical (unpaired) electrons. The van der Waals surface area contributed by atoms with Gasteiger partial charge in [0.25, 0.3) is 5.56 Å². The molecule has 1 N–H and O–H groups in total. The number of nitrogens with zero attached hydrogens (tertiary/aromatic N) is 1. The van der Waals surface area contributed by atoms with E-state index in [0.717, 1.165) is 17.5 Å². The Morgan fingerprint density at radius 1 is 1.24 bits per heavy atom. The molecule has 4 nitrogen and oxygen atoms in total. The van der Waals surface area contributed by atoms with Gasteiger partial charge in [-0.2, -0.15) is 0 Å². The Balaban J connectivity index is 1.62. The highest BCUT2D eigenvalue weighted by Crippen LogP contribution is 2.44. The van der Waals surface area contributed by atoms with Crippen molar-refractivity contribution in [2.45, 2.75) is 51.1 Å². The third-order valence-electron chi connectivity index (χ3n) is 4.89. The molecular weight excluding hydrogens is 264 g/mol. The van der Waals surface area contributed by atoms with Crippen molar-refractivity contribution in [1.82, 2.24) is 4.57 Å². The minimum atomic E-state index is 0.0390. The summed E-state index contributed by atoms with van der Waals surface area (Å²) in [5, 5.41) is 3.64. The molecule has 0 aliphatic heterocycles. The van der Waals surface area contributed by atoms with E-state index < -0.39 is 0 Å². The molecule has 2 saturated carbocycles. The van der Waals surface area contributed by atoms with Gasteiger partial charge in [-0.05, 0) is 43.6 Å². The number of ether oxygens (including phenoxy) is 1. The van der Waals surface area contributed by atoms with Crippen LogP contribution in [0.15, 0.2) is 23.1 Å². The molecule has 0 aromatic carbocycles. The van der Waals surface area contributed by atoms with Crippen LogP contribution in [0.4, 0.5) is 5.69 Å². The van der Waals surface area contributed by atoms with Crippen LogP contribution in [0, 0.1) is 11.8 Å². The molecule has 0 saturated heterocycles. The van der Waals surface area contributed by atoms with Crippen LogP contribution < -0.4 is 10.9 Å². The molecule has 1 heterocycles. The van der Waals surface area contributed by atoms with E-state index in [9.17, 15) is 4.79 Å². The summed E-state index contributed by atoms with van der Waals surface area (Å²) >= 11 is 0. The highest BCUT2D eigenvalue weighted by molar-refractivity contribution is 5.41. The average molecular weight is 290 g/mol. The number of rotatable bonds is 6. The van der Waals surface area contributed by atoms with E-state index in [-0.39, 0.29) is 5.56 Å². The van der Waals surface area contributed by atoms with Gasteiger partial charge in [-0.25, -0.2) is 0 Å². The summed E-state index contributed by atoms with van der Waals surface area (Å²) in [6, 6.07) is 4.13. The maximum atomic E-state index is 11.8. The summed E-state index contributed by atoms with van der Waals surface area (Å²) in [5.74, 6) is 1.93. The minimum absolute atomic E-state index is 0.0390. The van der Waals surface area contributed by atoms with E-state index in [0.29, 0.717) is 19.2 Å². The number of hydrogen-bond acceptors (Lipinski definition) is 3. The van der Waals surface area contributed by atoms with Gasteiger partial charge in [-0.1, -0.05) is 12.8 Å². The second kappa shape index (κ2) is 6.65. The maximum Gasteiger partial charge on any atom is 0.250 e. The number of anilines is 1. The molecule has 1 aromatic heterocycles. The highest BCUT2D eigenvalue weighted by atomic mass is 16.5. The molecule has 2 aliphatic rings. The van der Waals surface area contributed by atoms with E-state index >= 15 is 0 Å². The first-order valence-corrected chi connectivity index (χ1v) is 8.22. The van der Waals surface area contributed by atoms with Gasteiger partial charge >= 0.3 is 0 Å². The van der Waals surface area contributed by atoms with Gasteiger partial charge in [0.1, 0.15) is 0 Å². The van der Waals surface area contributed by atoms with Crippen LogP contribution in [0.25, 0.3) is 0 Å². The van der Waals surface area contributed by atoms with E-state index in [4.69, 9.17) is 4.74 Å². The lowest BCUT2D eigenvalue weighted by Gasteiger charge is -2.30. The predicted octanol–water partition coefficient (Wildman–Crippen LogP) is 2.88. The lowest BCUT2D eigenvalue weighted by molar-refractivity contribution is 0.186. The quantitative estimate of drug-likeness (QED) is 0.876. The monoisotopic (exact) mass is 290 g/mol. The van der Waals surface area contributed by atoms with Crippen molar-refractivity contribution in [3.63, 3.8) is 0 Å². The summed E-state index contributed by atoms with van der Waals surface area (Å²) in [6.07, 6.45) is 10.1. The van der Waals surface area contributed by atoms with Crippen molar-refractivity contribution >= 4 is 5.69 Å². The normalized spacial score (nSPS) is 25.8. The highest BCUT2D eigenvalue weighted by Gasteiger charge is 2.34. The fourth-order valence-corrected chi connectivity index (χ4v) is 3.57. The van der Waals surface area contributed by atoms with Gasteiger partial charge in [0.15, 0.2) is 0 Å². The Hall–Kier alpha value is -1.29. The van der Waals surface area contributed by atoms with Crippen LogP contribution in [0.2, 0.25) is 0 Å². The zero-order valence-electron chi connectivity index (χ0n) is 12.9. The molecule has 0 bridgehead atoms. The molecule has 2 atom stereocenters. The molecular formula is C17H26N2O2. The molecule has 0 spiro atoms. The molecule has 2 fully saturated rings. The van der Waals surface area contributed by atoms with Crippen LogP contribution in [0.3, 0.4) is 0 Å². The molecule has 2 unspecified atom stereocenters. The smallest absolute Gasteiger partial charge is 0.250 e. The third-order valence-corrected chi connectivity index (χ3v) is 4.89. The minimum Gasteiger partial charge on any atom is -0.383 e. The summed E-state index contributed by atoms with van der Waals surface area (Å²) in [4.78, 5) is 11.8. The molecule has 0 amide bonds. The average Bonchev–Trinajstić information content (AvgIpc) is 3.33. The molecule has 116 valence electrons. The Labute approximate surface area is 126 Å². The summed E-state index contributed by atoms with van der Waals surface area (Å²) in [7, 11) is 1.66. The lowest BCUT2D eigenvalue weighted by atomic mass is 9.82. The van der Waals surface area contributed by atoms with E-state index in [1.165, 1.54) is 38.5 Å². The molecule has 1 aromatic rings. The first-order valence-electron chi connectivity index (χ1n) is 8.22. The van der Waals surface area contributed by atoms with Crippen molar-refractivity contribution in [2.24, 2.45) is 11.8 Å². The summed E-state index contributed by atoms with van der Waals surface area (Å²) in [6.45, 7) is 1.18. The number of pyridine rings is 1. The third kappa shape index (κ3) is 3.88. The van der Waals surface area contributed by atoms with Crippen LogP contribution in [0.1, 0.15) is 38.5 Å². The van der Waals surface area contributed by atoms with Gasteiger partial charge in [-0.15, -0.1) is 0 Å². The molecule has 4 heteroatoms.